The molecule has 27 heavy (non-hydrogen) atoms. The van der Waals surface area contributed by atoms with E-state index in [1.54, 1.807) is 23.9 Å². The largest absolute Gasteiger partial charge is 0.458 e. The maximum absolute atomic E-state index is 5.58. The van der Waals surface area contributed by atoms with Gasteiger partial charge in [-0.1, -0.05) is 23.4 Å². The van der Waals surface area contributed by atoms with E-state index in [0.29, 0.717) is 17.6 Å². The molecule has 9 heteroatoms. The van der Waals surface area contributed by atoms with Crippen molar-refractivity contribution in [3.8, 4) is 17.3 Å². The van der Waals surface area contributed by atoms with E-state index in [4.69, 9.17) is 8.94 Å². The smallest absolute Gasteiger partial charge is 0.349 e. The molecule has 0 N–H and O–H groups in total. The highest BCUT2D eigenvalue weighted by Gasteiger charge is 2.40. The Hall–Kier alpha value is -3.88. The zero-order chi connectivity index (χ0) is 18.0. The molecule has 132 valence electrons. The van der Waals surface area contributed by atoms with Gasteiger partial charge < -0.3 is 8.94 Å². The summed E-state index contributed by atoms with van der Waals surface area (Å²) in [5, 5.41) is 7.75. The molecular formula is C18H13N7O2. The number of aliphatic imine (C=N–C) groups is 1. The summed E-state index contributed by atoms with van der Waals surface area (Å²) >= 11 is 0. The van der Waals surface area contributed by atoms with E-state index in [-0.39, 0.29) is 6.17 Å². The van der Waals surface area contributed by atoms with Crippen molar-refractivity contribution in [1.82, 2.24) is 19.7 Å². The third-order valence-electron chi connectivity index (χ3n) is 4.68. The molecule has 0 spiro atoms. The fourth-order valence-electron chi connectivity index (χ4n) is 3.48. The Morgan fingerprint density at radius 2 is 2.04 bits per heavy atom. The van der Waals surface area contributed by atoms with Crippen LogP contribution >= 0.6 is 0 Å². The first-order valence-corrected chi connectivity index (χ1v) is 8.43. The molecule has 0 amide bonds. The van der Waals surface area contributed by atoms with Gasteiger partial charge in [0.25, 0.3) is 0 Å². The molecule has 1 unspecified atom stereocenters. The Morgan fingerprint density at radius 3 is 2.93 bits per heavy atom. The monoisotopic (exact) mass is 359 g/mol. The van der Waals surface area contributed by atoms with Gasteiger partial charge in [0, 0.05) is 5.56 Å². The van der Waals surface area contributed by atoms with Gasteiger partial charge >= 0.3 is 6.01 Å². The Labute approximate surface area is 153 Å². The van der Waals surface area contributed by atoms with Crippen LogP contribution in [0, 0.1) is 6.92 Å². The number of imidazole rings is 1. The van der Waals surface area contributed by atoms with Crippen molar-refractivity contribution < 1.29 is 8.94 Å². The second kappa shape index (κ2) is 5.07. The summed E-state index contributed by atoms with van der Waals surface area (Å²) in [5.41, 5.74) is 2.13. The number of aromatic nitrogens is 4. The fraction of sp³-hybridized carbons (Fsp3) is 0.111. The number of anilines is 2. The molecular weight excluding hydrogens is 346 g/mol. The van der Waals surface area contributed by atoms with Gasteiger partial charge in [0.1, 0.15) is 18.4 Å². The Morgan fingerprint density at radius 1 is 1.11 bits per heavy atom. The van der Waals surface area contributed by atoms with Crippen molar-refractivity contribution in [3.05, 3.63) is 60.2 Å². The first-order valence-electron chi connectivity index (χ1n) is 8.43. The second-order valence-corrected chi connectivity index (χ2v) is 6.32. The maximum Gasteiger partial charge on any atom is 0.349 e. The van der Waals surface area contributed by atoms with Gasteiger partial charge in [-0.25, -0.2) is 15.0 Å². The van der Waals surface area contributed by atoms with Crippen LogP contribution in [0.5, 0.6) is 0 Å². The van der Waals surface area contributed by atoms with E-state index >= 15 is 0 Å². The molecule has 0 radical (unpaired) electrons. The van der Waals surface area contributed by atoms with Gasteiger partial charge in [0.05, 0.1) is 11.9 Å². The zero-order valence-corrected chi connectivity index (χ0v) is 14.2. The zero-order valence-electron chi connectivity index (χ0n) is 14.2. The standard InChI is InChI=1S/C18H13N7O2/c1-11-6-7-14(26-11)16-21-18(27-22-16)24-10-20-17-12-4-2-3-5-13(12)23-9-19-8-15(23)25(17)24/h2-10,17H,1H3. The number of hydrazine groups is 1. The predicted octanol–water partition coefficient (Wildman–Crippen LogP) is 3.11. The van der Waals surface area contributed by atoms with Crippen molar-refractivity contribution >= 4 is 18.2 Å². The van der Waals surface area contributed by atoms with Crippen molar-refractivity contribution in [1.29, 1.82) is 0 Å². The molecule has 6 rings (SSSR count). The minimum absolute atomic E-state index is 0.216. The normalized spacial score (nSPS) is 17.1. The number of aryl methyl sites for hydroxylation is 1. The van der Waals surface area contributed by atoms with Gasteiger partial charge in [-0.3, -0.25) is 4.57 Å². The lowest BCUT2D eigenvalue weighted by Gasteiger charge is -2.35. The van der Waals surface area contributed by atoms with E-state index in [2.05, 4.69) is 32.2 Å². The summed E-state index contributed by atoms with van der Waals surface area (Å²) in [5.74, 6) is 2.60. The summed E-state index contributed by atoms with van der Waals surface area (Å²) in [6.45, 7) is 1.87. The van der Waals surface area contributed by atoms with Gasteiger partial charge in [-0.2, -0.15) is 9.99 Å². The van der Waals surface area contributed by atoms with Crippen LogP contribution in [-0.4, -0.2) is 26.0 Å². The second-order valence-electron chi connectivity index (χ2n) is 6.32. The molecule has 0 aliphatic carbocycles. The minimum Gasteiger partial charge on any atom is -0.458 e. The lowest BCUT2D eigenvalue weighted by atomic mass is 10.1. The summed E-state index contributed by atoms with van der Waals surface area (Å²) in [7, 11) is 0. The first-order chi connectivity index (χ1) is 13.3. The van der Waals surface area contributed by atoms with Crippen molar-refractivity contribution in [2.75, 3.05) is 10.0 Å². The molecule has 2 aliphatic rings. The Balaban J connectivity index is 1.44. The number of fused-ring (bicyclic) bond motifs is 6. The molecule has 5 heterocycles. The highest BCUT2D eigenvalue weighted by atomic mass is 16.5. The van der Waals surface area contributed by atoms with E-state index in [1.165, 1.54) is 0 Å². The number of benzene rings is 1. The van der Waals surface area contributed by atoms with Crippen LogP contribution in [0.4, 0.5) is 11.8 Å². The molecule has 4 aromatic rings. The van der Waals surface area contributed by atoms with Crippen LogP contribution in [-0.2, 0) is 0 Å². The number of hydrogen-bond acceptors (Lipinski definition) is 8. The van der Waals surface area contributed by atoms with E-state index < -0.39 is 0 Å². The van der Waals surface area contributed by atoms with Gasteiger partial charge in [0.15, 0.2) is 17.7 Å². The first kappa shape index (κ1) is 14.3. The van der Waals surface area contributed by atoms with Crippen LogP contribution in [0.2, 0.25) is 0 Å². The molecule has 0 saturated heterocycles. The maximum atomic E-state index is 5.58. The Kier molecular flexibility index (Phi) is 2.69. The molecule has 2 aliphatic heterocycles. The van der Waals surface area contributed by atoms with E-state index in [0.717, 1.165) is 22.8 Å². The highest BCUT2D eigenvalue weighted by molar-refractivity contribution is 5.85. The molecule has 9 nitrogen and oxygen atoms in total. The molecule has 0 fully saturated rings. The molecule has 0 saturated carbocycles. The van der Waals surface area contributed by atoms with Gasteiger partial charge in [0.2, 0.25) is 5.82 Å². The lowest BCUT2D eigenvalue weighted by Crippen LogP contribution is -2.42. The Bertz CT molecular complexity index is 1190. The van der Waals surface area contributed by atoms with Crippen molar-refractivity contribution in [3.63, 3.8) is 0 Å². The summed E-state index contributed by atoms with van der Waals surface area (Å²) < 4.78 is 13.1. The summed E-state index contributed by atoms with van der Waals surface area (Å²) in [4.78, 5) is 13.4. The molecule has 1 aromatic carbocycles. The lowest BCUT2D eigenvalue weighted by molar-refractivity contribution is 0.418. The van der Waals surface area contributed by atoms with Gasteiger partial charge in [-0.15, -0.1) is 0 Å². The topological polar surface area (TPSA) is 88.7 Å². The SMILES string of the molecule is Cc1ccc(-c2noc(N3C=NC4c5ccccc5-n5cncc5N43)n2)o1. The fourth-order valence-corrected chi connectivity index (χ4v) is 3.48. The molecule has 0 bridgehead atoms. The molecule has 3 aromatic heterocycles. The summed E-state index contributed by atoms with van der Waals surface area (Å²) in [6.07, 6.45) is 5.05. The van der Waals surface area contributed by atoms with E-state index in [1.807, 2.05) is 40.8 Å². The minimum atomic E-state index is -0.216. The van der Waals surface area contributed by atoms with E-state index in [9.17, 15) is 0 Å². The average Bonchev–Trinajstić information content (AvgIpc) is 3.45. The number of hydrogen-bond donors (Lipinski definition) is 0. The van der Waals surface area contributed by atoms with Crippen LogP contribution in [0.1, 0.15) is 17.5 Å². The van der Waals surface area contributed by atoms with Gasteiger partial charge in [-0.05, 0) is 25.1 Å². The number of rotatable bonds is 2. The number of para-hydroxylation sites is 1. The average molecular weight is 359 g/mol. The third kappa shape index (κ3) is 1.93. The third-order valence-corrected chi connectivity index (χ3v) is 4.68. The highest BCUT2D eigenvalue weighted by Crippen LogP contribution is 2.42. The van der Waals surface area contributed by atoms with Crippen LogP contribution < -0.4 is 10.0 Å². The number of furan rings is 1. The van der Waals surface area contributed by atoms with Crippen LogP contribution in [0.25, 0.3) is 17.3 Å². The van der Waals surface area contributed by atoms with Crippen LogP contribution in [0.3, 0.4) is 0 Å². The number of nitrogens with zero attached hydrogens (tertiary/aromatic N) is 7. The predicted molar refractivity (Wildman–Crippen MR) is 96.5 cm³/mol. The summed E-state index contributed by atoms with van der Waals surface area (Å²) in [6, 6.07) is 12.1. The molecule has 1 atom stereocenters. The quantitative estimate of drug-likeness (QED) is 0.543. The van der Waals surface area contributed by atoms with Crippen molar-refractivity contribution in [2.24, 2.45) is 4.99 Å². The van der Waals surface area contributed by atoms with Crippen molar-refractivity contribution in [2.45, 2.75) is 13.1 Å². The van der Waals surface area contributed by atoms with Crippen LogP contribution in [0.15, 0.2) is 62.9 Å².